The highest BCUT2D eigenvalue weighted by molar-refractivity contribution is 5.94. The highest BCUT2D eigenvalue weighted by Crippen LogP contribution is 2.19. The van der Waals surface area contributed by atoms with Gasteiger partial charge in [0.05, 0.1) is 22.7 Å². The summed E-state index contributed by atoms with van der Waals surface area (Å²) < 4.78 is 13.8. The number of aliphatic hydroxyl groups excluding tert-OH is 1. The lowest BCUT2D eigenvalue weighted by Crippen LogP contribution is -2.34. The number of nitrogens with zero attached hydrogens (tertiary/aromatic N) is 1. The van der Waals surface area contributed by atoms with E-state index in [0.717, 1.165) is 17.7 Å². The van der Waals surface area contributed by atoms with Gasteiger partial charge in [0.2, 0.25) is 0 Å². The predicted molar refractivity (Wildman–Crippen MR) is 86.0 cm³/mol. The van der Waals surface area contributed by atoms with Crippen molar-refractivity contribution in [2.24, 2.45) is 0 Å². The quantitative estimate of drug-likeness (QED) is 0.628. The third kappa shape index (κ3) is 4.36. The summed E-state index contributed by atoms with van der Waals surface area (Å²) in [6.07, 6.45) is -0.507. The van der Waals surface area contributed by atoms with Crippen LogP contribution in [0, 0.1) is 15.9 Å². The van der Waals surface area contributed by atoms with Gasteiger partial charge in [-0.3, -0.25) is 14.9 Å². The largest absolute Gasteiger partial charge is 0.388 e. The molecule has 0 aromatic heterocycles. The molecule has 0 spiro atoms. The van der Waals surface area contributed by atoms with E-state index in [1.165, 1.54) is 0 Å². The van der Waals surface area contributed by atoms with Gasteiger partial charge in [-0.15, -0.1) is 0 Å². The summed E-state index contributed by atoms with van der Waals surface area (Å²) in [5.74, 6) is -1.65. The number of benzene rings is 2. The number of amides is 1. The van der Waals surface area contributed by atoms with Crippen LogP contribution >= 0.6 is 0 Å². The van der Waals surface area contributed by atoms with Crippen molar-refractivity contribution in [3.63, 3.8) is 0 Å². The van der Waals surface area contributed by atoms with E-state index in [1.807, 2.05) is 6.07 Å². The average Bonchev–Trinajstić information content (AvgIpc) is 2.55. The van der Waals surface area contributed by atoms with Gasteiger partial charge in [-0.05, 0) is 25.0 Å². The molecule has 2 rings (SSSR count). The van der Waals surface area contributed by atoms with Gasteiger partial charge in [0.1, 0.15) is 5.82 Å². The van der Waals surface area contributed by atoms with Gasteiger partial charge in [-0.1, -0.05) is 30.3 Å². The number of non-ortho nitro benzene ring substituents is 1. The summed E-state index contributed by atoms with van der Waals surface area (Å²) in [6, 6.07) is 11.4. The molecule has 0 radical (unpaired) electrons. The van der Waals surface area contributed by atoms with E-state index in [1.54, 1.807) is 31.2 Å². The Balaban J connectivity index is 2.00. The second kappa shape index (κ2) is 7.65. The zero-order valence-electron chi connectivity index (χ0n) is 13.0. The Morgan fingerprint density at radius 3 is 2.54 bits per heavy atom. The first kappa shape index (κ1) is 17.6. The molecule has 6 nitrogen and oxygen atoms in total. The van der Waals surface area contributed by atoms with E-state index in [0.29, 0.717) is 6.07 Å². The summed E-state index contributed by atoms with van der Waals surface area (Å²) in [5.41, 5.74) is 0.0263. The Kier molecular flexibility index (Phi) is 5.59. The number of halogens is 1. The monoisotopic (exact) mass is 332 g/mol. The van der Waals surface area contributed by atoms with Gasteiger partial charge < -0.3 is 10.4 Å². The van der Waals surface area contributed by atoms with Crippen LogP contribution in [-0.4, -0.2) is 22.0 Å². The first-order chi connectivity index (χ1) is 11.4. The Bertz CT molecular complexity index is 737. The van der Waals surface area contributed by atoms with Gasteiger partial charge in [-0.2, -0.15) is 0 Å². The van der Waals surface area contributed by atoms with Gasteiger partial charge in [0.15, 0.2) is 0 Å². The number of hydrogen-bond donors (Lipinski definition) is 2. The minimum absolute atomic E-state index is 0.254. The first-order valence-corrected chi connectivity index (χ1v) is 7.36. The zero-order valence-corrected chi connectivity index (χ0v) is 13.0. The van der Waals surface area contributed by atoms with Crippen molar-refractivity contribution in [2.45, 2.75) is 25.5 Å². The molecule has 0 bridgehead atoms. The molecule has 2 atom stereocenters. The summed E-state index contributed by atoms with van der Waals surface area (Å²) in [6.45, 7) is 1.69. The number of nitrogens with one attached hydrogen (secondary N) is 1. The van der Waals surface area contributed by atoms with Crippen LogP contribution in [0.1, 0.15) is 35.4 Å². The normalized spacial score (nSPS) is 13.1. The highest BCUT2D eigenvalue weighted by atomic mass is 19.1. The lowest BCUT2D eigenvalue weighted by atomic mass is 10.0. The van der Waals surface area contributed by atoms with E-state index in [4.69, 9.17) is 0 Å². The van der Waals surface area contributed by atoms with Crippen LogP contribution in [0.5, 0.6) is 0 Å². The third-order valence-electron chi connectivity index (χ3n) is 3.55. The van der Waals surface area contributed by atoms with E-state index in [2.05, 4.69) is 5.32 Å². The predicted octanol–water partition coefficient (Wildman–Crippen LogP) is 2.98. The third-order valence-corrected chi connectivity index (χ3v) is 3.55. The summed E-state index contributed by atoms with van der Waals surface area (Å²) >= 11 is 0. The molecule has 0 aliphatic heterocycles. The van der Waals surface area contributed by atoms with Crippen molar-refractivity contribution < 1.29 is 19.2 Å². The number of rotatable bonds is 6. The Hall–Kier alpha value is -2.80. The minimum atomic E-state index is -0.961. The summed E-state index contributed by atoms with van der Waals surface area (Å²) in [7, 11) is 0. The molecule has 0 saturated heterocycles. The Labute approximate surface area is 138 Å². The van der Waals surface area contributed by atoms with Crippen LogP contribution in [0.15, 0.2) is 48.5 Å². The van der Waals surface area contributed by atoms with Crippen LogP contribution < -0.4 is 5.32 Å². The van der Waals surface area contributed by atoms with Crippen LogP contribution in [0.2, 0.25) is 0 Å². The molecule has 0 aliphatic rings. The number of hydrogen-bond acceptors (Lipinski definition) is 4. The number of carbonyl (C=O) groups excluding carboxylic acids is 1. The Morgan fingerprint density at radius 2 is 1.96 bits per heavy atom. The maximum absolute atomic E-state index is 13.8. The maximum Gasteiger partial charge on any atom is 0.272 e. The number of aliphatic hydroxyl groups is 1. The topological polar surface area (TPSA) is 92.5 Å². The van der Waals surface area contributed by atoms with Gasteiger partial charge >= 0.3 is 0 Å². The van der Waals surface area contributed by atoms with Crippen LogP contribution in [-0.2, 0) is 0 Å². The molecule has 0 saturated carbocycles. The molecule has 0 aliphatic carbocycles. The van der Waals surface area contributed by atoms with E-state index < -0.39 is 34.5 Å². The van der Waals surface area contributed by atoms with Crippen molar-refractivity contribution in [3.05, 3.63) is 75.6 Å². The molecule has 0 heterocycles. The standard InChI is InChI=1S/C17H17FN2O4/c1-11(9-16(21)12-5-3-2-4-6-12)19-17(22)14-8-7-13(20(23)24)10-15(14)18/h2-8,10-11,16,21H,9H2,1H3,(H,19,22)/t11-,16+/m0/s1. The van der Waals surface area contributed by atoms with Crippen molar-refractivity contribution in [3.8, 4) is 0 Å². The van der Waals surface area contributed by atoms with Crippen molar-refractivity contribution in [1.29, 1.82) is 0 Å². The fourth-order valence-corrected chi connectivity index (χ4v) is 2.31. The average molecular weight is 332 g/mol. The fourth-order valence-electron chi connectivity index (χ4n) is 2.31. The van der Waals surface area contributed by atoms with E-state index in [-0.39, 0.29) is 12.0 Å². The fraction of sp³-hybridized carbons (Fsp3) is 0.235. The van der Waals surface area contributed by atoms with Crippen LogP contribution in [0.3, 0.4) is 0 Å². The zero-order chi connectivity index (χ0) is 17.7. The van der Waals surface area contributed by atoms with Crippen molar-refractivity contribution in [2.75, 3.05) is 0 Å². The SMILES string of the molecule is C[C@@H](C[C@@H](O)c1ccccc1)NC(=O)c1ccc([N+](=O)[O-])cc1F. The van der Waals surface area contributed by atoms with Gasteiger partial charge in [0.25, 0.3) is 11.6 Å². The second-order valence-electron chi connectivity index (χ2n) is 5.46. The summed E-state index contributed by atoms with van der Waals surface area (Å²) in [4.78, 5) is 21.9. The molecule has 2 aromatic rings. The second-order valence-corrected chi connectivity index (χ2v) is 5.46. The first-order valence-electron chi connectivity index (χ1n) is 7.36. The van der Waals surface area contributed by atoms with Crippen molar-refractivity contribution >= 4 is 11.6 Å². The number of carbonyl (C=O) groups is 1. The van der Waals surface area contributed by atoms with Gasteiger partial charge in [0, 0.05) is 12.1 Å². The molecule has 24 heavy (non-hydrogen) atoms. The van der Waals surface area contributed by atoms with E-state index in [9.17, 15) is 24.4 Å². The molecule has 126 valence electrons. The minimum Gasteiger partial charge on any atom is -0.388 e. The molecule has 1 amide bonds. The molecule has 0 unspecified atom stereocenters. The van der Waals surface area contributed by atoms with E-state index >= 15 is 0 Å². The maximum atomic E-state index is 13.8. The molecule has 2 aromatic carbocycles. The lowest BCUT2D eigenvalue weighted by Gasteiger charge is -2.18. The molecular weight excluding hydrogens is 315 g/mol. The Morgan fingerprint density at radius 1 is 1.29 bits per heavy atom. The summed E-state index contributed by atoms with van der Waals surface area (Å²) in [5, 5.41) is 23.3. The smallest absolute Gasteiger partial charge is 0.272 e. The number of nitro benzene ring substituents is 1. The van der Waals surface area contributed by atoms with Crippen molar-refractivity contribution in [1.82, 2.24) is 5.32 Å². The van der Waals surface area contributed by atoms with Gasteiger partial charge in [-0.25, -0.2) is 4.39 Å². The molecular formula is C17H17FN2O4. The van der Waals surface area contributed by atoms with Crippen LogP contribution in [0.4, 0.5) is 10.1 Å². The highest BCUT2D eigenvalue weighted by Gasteiger charge is 2.19. The lowest BCUT2D eigenvalue weighted by molar-refractivity contribution is -0.385. The molecule has 7 heteroatoms. The van der Waals surface area contributed by atoms with Crippen LogP contribution in [0.25, 0.3) is 0 Å². The number of nitro groups is 1. The molecule has 2 N–H and O–H groups in total. The molecule has 0 fully saturated rings.